The second kappa shape index (κ2) is 6.45. The van der Waals surface area contributed by atoms with Gasteiger partial charge in [-0.05, 0) is 32.0 Å². The normalized spacial score (nSPS) is 11.5. The Bertz CT molecular complexity index is 892. The van der Waals surface area contributed by atoms with Crippen LogP contribution >= 0.6 is 0 Å². The summed E-state index contributed by atoms with van der Waals surface area (Å²) in [5.41, 5.74) is 9.65. The van der Waals surface area contributed by atoms with Crippen LogP contribution < -0.4 is 5.73 Å². The van der Waals surface area contributed by atoms with Gasteiger partial charge in [-0.3, -0.25) is 9.78 Å². The molecule has 24 heavy (non-hydrogen) atoms. The molecule has 3 aromatic rings. The third kappa shape index (κ3) is 3.38. The van der Waals surface area contributed by atoms with Crippen molar-refractivity contribution in [2.24, 2.45) is 5.73 Å². The van der Waals surface area contributed by atoms with Crippen molar-refractivity contribution in [1.29, 1.82) is 0 Å². The number of hydrogen-bond donors (Lipinski definition) is 1. The van der Waals surface area contributed by atoms with Gasteiger partial charge in [0.05, 0.1) is 5.57 Å². The van der Waals surface area contributed by atoms with Crippen LogP contribution in [0.25, 0.3) is 23.2 Å². The molecule has 0 bridgehead atoms. The Hall–Kier alpha value is -3.28. The molecule has 1 aromatic carbocycles. The lowest BCUT2D eigenvalue weighted by Gasteiger charge is -2.03. The van der Waals surface area contributed by atoms with E-state index in [1.165, 1.54) is 4.68 Å². The first kappa shape index (κ1) is 15.6. The van der Waals surface area contributed by atoms with Crippen LogP contribution in [0.3, 0.4) is 0 Å². The molecule has 0 fully saturated rings. The van der Waals surface area contributed by atoms with Gasteiger partial charge in [0.15, 0.2) is 5.82 Å². The lowest BCUT2D eigenvalue weighted by Crippen LogP contribution is -2.13. The van der Waals surface area contributed by atoms with Crippen molar-refractivity contribution in [2.75, 3.05) is 0 Å². The van der Waals surface area contributed by atoms with Crippen molar-refractivity contribution in [1.82, 2.24) is 19.7 Å². The van der Waals surface area contributed by atoms with Crippen LogP contribution in [0.1, 0.15) is 16.7 Å². The number of primary amides is 1. The zero-order chi connectivity index (χ0) is 17.1. The fourth-order valence-corrected chi connectivity index (χ4v) is 2.51. The van der Waals surface area contributed by atoms with Crippen molar-refractivity contribution < 1.29 is 4.79 Å². The summed E-state index contributed by atoms with van der Waals surface area (Å²) in [7, 11) is 0. The topological polar surface area (TPSA) is 86.7 Å². The van der Waals surface area contributed by atoms with Crippen LogP contribution in [0, 0.1) is 13.8 Å². The van der Waals surface area contributed by atoms with E-state index in [0.29, 0.717) is 17.0 Å². The zero-order valence-electron chi connectivity index (χ0n) is 13.5. The van der Waals surface area contributed by atoms with Gasteiger partial charge in [0.1, 0.15) is 6.33 Å². The molecule has 0 spiro atoms. The number of benzene rings is 1. The molecule has 2 heterocycles. The van der Waals surface area contributed by atoms with Gasteiger partial charge in [-0.25, -0.2) is 9.67 Å². The smallest absolute Gasteiger partial charge is 0.250 e. The second-order valence-electron chi connectivity index (χ2n) is 5.57. The van der Waals surface area contributed by atoms with Crippen LogP contribution in [0.5, 0.6) is 0 Å². The van der Waals surface area contributed by atoms with Gasteiger partial charge in [0.25, 0.3) is 5.91 Å². The average Bonchev–Trinajstić information content (AvgIpc) is 3.01. The summed E-state index contributed by atoms with van der Waals surface area (Å²) in [6.07, 6.45) is 6.32. The molecule has 0 aliphatic heterocycles. The molecule has 0 saturated carbocycles. The predicted molar refractivity (Wildman–Crippen MR) is 92.5 cm³/mol. The lowest BCUT2D eigenvalue weighted by atomic mass is 10.1. The highest BCUT2D eigenvalue weighted by Gasteiger charge is 2.10. The van der Waals surface area contributed by atoms with E-state index in [1.807, 2.05) is 26.0 Å². The van der Waals surface area contributed by atoms with Crippen LogP contribution in [0.2, 0.25) is 0 Å². The Labute approximate surface area is 139 Å². The Morgan fingerprint density at radius 3 is 2.58 bits per heavy atom. The SMILES string of the molecule is Cc1cc(C)cc(-c2ncn(/C=C(/C(N)=O)c3cccnc3)n2)c1. The minimum absolute atomic E-state index is 0.319. The van der Waals surface area contributed by atoms with Crippen LogP contribution in [-0.2, 0) is 4.79 Å². The summed E-state index contributed by atoms with van der Waals surface area (Å²) in [4.78, 5) is 20.1. The Balaban J connectivity index is 1.99. The molecule has 2 aromatic heterocycles. The third-order valence-electron chi connectivity index (χ3n) is 3.49. The van der Waals surface area contributed by atoms with Gasteiger partial charge < -0.3 is 5.73 Å². The molecular weight excluding hydrogens is 302 g/mol. The predicted octanol–water partition coefficient (Wildman–Crippen LogP) is 2.44. The number of rotatable bonds is 4. The Kier molecular flexibility index (Phi) is 4.20. The molecule has 3 rings (SSSR count). The number of carbonyl (C=O) groups excluding carboxylic acids is 1. The highest BCUT2D eigenvalue weighted by Crippen LogP contribution is 2.19. The van der Waals surface area contributed by atoms with E-state index in [0.717, 1.165) is 16.7 Å². The summed E-state index contributed by atoms with van der Waals surface area (Å²) in [6, 6.07) is 9.65. The number of nitrogens with two attached hydrogens (primary N) is 1. The number of aryl methyl sites for hydroxylation is 2. The Morgan fingerprint density at radius 2 is 1.96 bits per heavy atom. The molecular formula is C18H17N5O. The summed E-state index contributed by atoms with van der Waals surface area (Å²) >= 11 is 0. The fourth-order valence-electron chi connectivity index (χ4n) is 2.51. The lowest BCUT2D eigenvalue weighted by molar-refractivity contribution is -0.112. The number of hydrogen-bond acceptors (Lipinski definition) is 4. The average molecular weight is 319 g/mol. The molecule has 0 aliphatic rings. The van der Waals surface area contributed by atoms with Gasteiger partial charge in [0.2, 0.25) is 0 Å². The largest absolute Gasteiger partial charge is 0.366 e. The van der Waals surface area contributed by atoms with Crippen molar-refractivity contribution >= 4 is 17.7 Å². The number of pyridine rings is 1. The summed E-state index contributed by atoms with van der Waals surface area (Å²) in [5, 5.41) is 4.41. The minimum atomic E-state index is -0.550. The maximum absolute atomic E-state index is 11.7. The molecule has 6 heteroatoms. The van der Waals surface area contributed by atoms with E-state index in [1.54, 1.807) is 37.1 Å². The van der Waals surface area contributed by atoms with Crippen molar-refractivity contribution in [2.45, 2.75) is 13.8 Å². The van der Waals surface area contributed by atoms with E-state index in [-0.39, 0.29) is 0 Å². The van der Waals surface area contributed by atoms with Gasteiger partial charge in [-0.1, -0.05) is 23.3 Å². The van der Waals surface area contributed by atoms with E-state index < -0.39 is 5.91 Å². The van der Waals surface area contributed by atoms with Gasteiger partial charge >= 0.3 is 0 Å². The summed E-state index contributed by atoms with van der Waals surface area (Å²) in [5.74, 6) is 0.0412. The molecule has 0 unspecified atom stereocenters. The standard InChI is InChI=1S/C18H17N5O/c1-12-6-13(2)8-15(7-12)18-21-11-23(22-18)10-16(17(19)24)14-4-3-5-20-9-14/h3-11H,1-2H3,(H2,19,24)/b16-10+. The zero-order valence-corrected chi connectivity index (χ0v) is 13.5. The molecule has 1 amide bonds. The van der Waals surface area contributed by atoms with Crippen molar-refractivity contribution in [3.8, 4) is 11.4 Å². The number of aromatic nitrogens is 4. The highest BCUT2D eigenvalue weighted by atomic mass is 16.1. The van der Waals surface area contributed by atoms with Crippen LogP contribution in [0.15, 0.2) is 49.1 Å². The first-order chi connectivity index (χ1) is 11.5. The minimum Gasteiger partial charge on any atom is -0.366 e. The Morgan fingerprint density at radius 1 is 1.21 bits per heavy atom. The van der Waals surface area contributed by atoms with Gasteiger partial charge in [0, 0.05) is 29.7 Å². The molecule has 6 nitrogen and oxygen atoms in total. The number of amides is 1. The molecule has 0 atom stereocenters. The molecule has 0 aliphatic carbocycles. The first-order valence-electron chi connectivity index (χ1n) is 7.45. The quantitative estimate of drug-likeness (QED) is 0.748. The molecule has 120 valence electrons. The molecule has 0 radical (unpaired) electrons. The van der Waals surface area contributed by atoms with Crippen molar-refractivity contribution in [3.05, 3.63) is 65.7 Å². The summed E-state index contributed by atoms with van der Waals surface area (Å²) in [6.45, 7) is 4.06. The highest BCUT2D eigenvalue weighted by molar-refractivity contribution is 6.22. The molecule has 2 N–H and O–H groups in total. The van der Waals surface area contributed by atoms with Crippen LogP contribution in [0.4, 0.5) is 0 Å². The first-order valence-corrected chi connectivity index (χ1v) is 7.45. The molecule has 0 saturated heterocycles. The summed E-state index contributed by atoms with van der Waals surface area (Å²) < 4.78 is 1.49. The van der Waals surface area contributed by atoms with Gasteiger partial charge in [-0.2, -0.15) is 0 Å². The second-order valence-corrected chi connectivity index (χ2v) is 5.57. The van der Waals surface area contributed by atoms with Crippen LogP contribution in [-0.4, -0.2) is 25.7 Å². The monoisotopic (exact) mass is 319 g/mol. The van der Waals surface area contributed by atoms with E-state index in [2.05, 4.69) is 21.1 Å². The maximum atomic E-state index is 11.7. The van der Waals surface area contributed by atoms with Gasteiger partial charge in [-0.15, -0.1) is 5.10 Å². The van der Waals surface area contributed by atoms with E-state index in [9.17, 15) is 4.79 Å². The fraction of sp³-hybridized carbons (Fsp3) is 0.111. The number of nitrogens with zero attached hydrogens (tertiary/aromatic N) is 4. The van der Waals surface area contributed by atoms with Crippen molar-refractivity contribution in [3.63, 3.8) is 0 Å². The van der Waals surface area contributed by atoms with E-state index >= 15 is 0 Å². The van der Waals surface area contributed by atoms with E-state index in [4.69, 9.17) is 5.73 Å². The number of carbonyl (C=O) groups is 1. The maximum Gasteiger partial charge on any atom is 0.250 e. The third-order valence-corrected chi connectivity index (χ3v) is 3.49.